The molecule has 2 N–H and O–H groups in total. The molecule has 0 aromatic heterocycles. The van der Waals surface area contributed by atoms with Gasteiger partial charge < -0.3 is 10.4 Å². The molecule has 2 rings (SSSR count). The third-order valence-corrected chi connectivity index (χ3v) is 4.28. The Morgan fingerprint density at radius 2 is 1.90 bits per heavy atom. The monoisotopic (exact) mass is 295 g/mol. The number of hydrogen-bond donors (Lipinski definition) is 2. The lowest BCUT2D eigenvalue weighted by atomic mass is 9.83. The molecule has 1 aliphatic carbocycles. The molecule has 0 heterocycles. The molecular formula is C16H22ClNO2. The Kier molecular flexibility index (Phi) is 5.06. The first-order valence-corrected chi connectivity index (χ1v) is 7.61. The predicted molar refractivity (Wildman–Crippen MR) is 80.7 cm³/mol. The van der Waals surface area contributed by atoms with Gasteiger partial charge in [-0.25, -0.2) is 0 Å². The molecule has 1 aromatic rings. The lowest BCUT2D eigenvalue weighted by molar-refractivity contribution is -0.125. The molecule has 0 bridgehead atoms. The highest BCUT2D eigenvalue weighted by Crippen LogP contribution is 2.28. The molecule has 1 fully saturated rings. The number of aliphatic hydroxyl groups excluding tert-OH is 1. The highest BCUT2D eigenvalue weighted by Gasteiger charge is 2.28. The zero-order valence-corrected chi connectivity index (χ0v) is 12.6. The topological polar surface area (TPSA) is 49.3 Å². The van der Waals surface area contributed by atoms with E-state index < -0.39 is 6.10 Å². The van der Waals surface area contributed by atoms with Gasteiger partial charge in [0.05, 0.1) is 12.5 Å². The molecule has 1 atom stereocenters. The highest BCUT2D eigenvalue weighted by molar-refractivity contribution is 6.30. The van der Waals surface area contributed by atoms with E-state index in [1.165, 1.54) is 6.42 Å². The van der Waals surface area contributed by atoms with E-state index in [-0.39, 0.29) is 17.9 Å². The fraction of sp³-hybridized carbons (Fsp3) is 0.562. The lowest BCUT2D eigenvalue weighted by Gasteiger charge is -2.34. The van der Waals surface area contributed by atoms with Crippen molar-refractivity contribution in [3.05, 3.63) is 34.9 Å². The minimum atomic E-state index is -0.778. The van der Waals surface area contributed by atoms with Crippen LogP contribution in [0.1, 0.15) is 57.1 Å². The molecule has 20 heavy (non-hydrogen) atoms. The molecule has 4 heteroatoms. The van der Waals surface area contributed by atoms with Gasteiger partial charge in [0.2, 0.25) is 5.91 Å². The Morgan fingerprint density at radius 1 is 1.30 bits per heavy atom. The number of hydrogen-bond acceptors (Lipinski definition) is 2. The smallest absolute Gasteiger partial charge is 0.223 e. The Hall–Kier alpha value is -1.06. The zero-order chi connectivity index (χ0) is 14.6. The average Bonchev–Trinajstić information content (AvgIpc) is 2.39. The third-order valence-electron chi connectivity index (χ3n) is 4.03. The van der Waals surface area contributed by atoms with Crippen LogP contribution in [0.15, 0.2) is 24.3 Å². The molecule has 1 aromatic carbocycles. The third kappa shape index (κ3) is 4.22. The second kappa shape index (κ2) is 6.59. The van der Waals surface area contributed by atoms with Gasteiger partial charge in [-0.05, 0) is 37.5 Å². The van der Waals surface area contributed by atoms with Crippen molar-refractivity contribution in [3.63, 3.8) is 0 Å². The number of benzene rings is 1. The summed E-state index contributed by atoms with van der Waals surface area (Å²) in [5, 5.41) is 13.8. The van der Waals surface area contributed by atoms with Crippen LogP contribution in [0, 0.1) is 0 Å². The van der Waals surface area contributed by atoms with Crippen molar-refractivity contribution < 1.29 is 9.90 Å². The van der Waals surface area contributed by atoms with Crippen LogP contribution in [0.4, 0.5) is 0 Å². The molecule has 1 unspecified atom stereocenters. The van der Waals surface area contributed by atoms with Gasteiger partial charge in [-0.3, -0.25) is 4.79 Å². The van der Waals surface area contributed by atoms with Gasteiger partial charge in [-0.2, -0.15) is 0 Å². The largest absolute Gasteiger partial charge is 0.388 e. The number of carbonyl (C=O) groups is 1. The quantitative estimate of drug-likeness (QED) is 0.891. The minimum Gasteiger partial charge on any atom is -0.388 e. The fourth-order valence-electron chi connectivity index (χ4n) is 2.82. The molecule has 0 aliphatic heterocycles. The molecule has 0 spiro atoms. The summed E-state index contributed by atoms with van der Waals surface area (Å²) in [5.41, 5.74) is 0.619. The number of rotatable bonds is 4. The summed E-state index contributed by atoms with van der Waals surface area (Å²) in [5.74, 6) is -0.0863. The minimum absolute atomic E-state index is 0.0863. The Bertz CT molecular complexity index is 452. The summed E-state index contributed by atoms with van der Waals surface area (Å²) in [4.78, 5) is 12.1. The maximum Gasteiger partial charge on any atom is 0.223 e. The summed E-state index contributed by atoms with van der Waals surface area (Å²) in [6.07, 6.45) is 4.94. The Balaban J connectivity index is 1.89. The van der Waals surface area contributed by atoms with Gasteiger partial charge in [0, 0.05) is 10.6 Å². The average molecular weight is 296 g/mol. The van der Waals surface area contributed by atoms with E-state index >= 15 is 0 Å². The van der Waals surface area contributed by atoms with Crippen molar-refractivity contribution >= 4 is 17.5 Å². The van der Waals surface area contributed by atoms with Gasteiger partial charge in [-0.15, -0.1) is 0 Å². The first kappa shape index (κ1) is 15.3. The Labute approximate surface area is 125 Å². The molecule has 1 aliphatic rings. The van der Waals surface area contributed by atoms with Crippen molar-refractivity contribution in [1.29, 1.82) is 0 Å². The molecule has 3 nitrogen and oxygen atoms in total. The first-order chi connectivity index (χ1) is 9.48. The second-order valence-electron chi connectivity index (χ2n) is 5.94. The number of carbonyl (C=O) groups excluding carboxylic acids is 1. The van der Waals surface area contributed by atoms with Crippen molar-refractivity contribution in [2.45, 2.75) is 57.1 Å². The van der Waals surface area contributed by atoms with Crippen LogP contribution in [0.3, 0.4) is 0 Å². The number of halogens is 1. The summed E-state index contributed by atoms with van der Waals surface area (Å²) in [7, 11) is 0. The number of nitrogens with one attached hydrogen (secondary N) is 1. The van der Waals surface area contributed by atoms with Crippen molar-refractivity contribution in [1.82, 2.24) is 5.32 Å². The van der Waals surface area contributed by atoms with Crippen molar-refractivity contribution in [3.8, 4) is 0 Å². The first-order valence-electron chi connectivity index (χ1n) is 7.23. The molecule has 1 amide bonds. The molecule has 1 saturated carbocycles. The summed E-state index contributed by atoms with van der Waals surface area (Å²) >= 11 is 5.81. The van der Waals surface area contributed by atoms with Gasteiger partial charge in [0.1, 0.15) is 0 Å². The summed E-state index contributed by atoms with van der Waals surface area (Å²) in [6, 6.07) is 6.95. The highest BCUT2D eigenvalue weighted by atomic mass is 35.5. The maximum atomic E-state index is 12.1. The number of aliphatic hydroxyl groups is 1. The van der Waals surface area contributed by atoms with Gasteiger partial charge in [0.25, 0.3) is 0 Å². The maximum absolute atomic E-state index is 12.1. The SMILES string of the molecule is CC1(NC(=O)CC(O)c2ccc(Cl)cc2)CCCCC1. The van der Waals surface area contributed by atoms with Crippen LogP contribution in [0.2, 0.25) is 5.02 Å². The van der Waals surface area contributed by atoms with Gasteiger partial charge >= 0.3 is 0 Å². The van der Waals surface area contributed by atoms with E-state index in [1.807, 2.05) is 0 Å². The van der Waals surface area contributed by atoms with Crippen LogP contribution < -0.4 is 5.32 Å². The number of amides is 1. The van der Waals surface area contributed by atoms with Crippen LogP contribution in [-0.2, 0) is 4.79 Å². The van der Waals surface area contributed by atoms with Crippen LogP contribution in [0.5, 0.6) is 0 Å². The lowest BCUT2D eigenvalue weighted by Crippen LogP contribution is -2.47. The predicted octanol–water partition coefficient (Wildman–Crippen LogP) is 3.60. The molecule has 0 saturated heterocycles. The van der Waals surface area contributed by atoms with E-state index in [2.05, 4.69) is 12.2 Å². The Morgan fingerprint density at radius 3 is 2.50 bits per heavy atom. The zero-order valence-electron chi connectivity index (χ0n) is 11.9. The molecular weight excluding hydrogens is 274 g/mol. The summed E-state index contributed by atoms with van der Waals surface area (Å²) < 4.78 is 0. The molecule has 110 valence electrons. The van der Waals surface area contributed by atoms with E-state index in [0.29, 0.717) is 5.02 Å². The fourth-order valence-corrected chi connectivity index (χ4v) is 2.95. The molecule has 0 radical (unpaired) electrons. The van der Waals surface area contributed by atoms with Crippen LogP contribution in [0.25, 0.3) is 0 Å². The van der Waals surface area contributed by atoms with Crippen LogP contribution in [-0.4, -0.2) is 16.6 Å². The van der Waals surface area contributed by atoms with E-state index in [9.17, 15) is 9.90 Å². The van der Waals surface area contributed by atoms with E-state index in [1.54, 1.807) is 24.3 Å². The van der Waals surface area contributed by atoms with Crippen molar-refractivity contribution in [2.75, 3.05) is 0 Å². The van der Waals surface area contributed by atoms with Crippen LogP contribution >= 0.6 is 11.6 Å². The van der Waals surface area contributed by atoms with Gasteiger partial charge in [0.15, 0.2) is 0 Å². The standard InChI is InChI=1S/C16H22ClNO2/c1-16(9-3-2-4-10-16)18-15(20)11-14(19)12-5-7-13(17)8-6-12/h5-8,14,19H,2-4,9-11H2,1H3,(H,18,20). The normalized spacial score (nSPS) is 19.4. The van der Waals surface area contributed by atoms with E-state index in [4.69, 9.17) is 11.6 Å². The van der Waals surface area contributed by atoms with Gasteiger partial charge in [-0.1, -0.05) is 43.0 Å². The second-order valence-corrected chi connectivity index (χ2v) is 6.38. The van der Waals surface area contributed by atoms with E-state index in [0.717, 1.165) is 31.2 Å². The van der Waals surface area contributed by atoms with Crippen molar-refractivity contribution in [2.24, 2.45) is 0 Å². The summed E-state index contributed by atoms with van der Waals surface area (Å²) in [6.45, 7) is 2.10.